The summed E-state index contributed by atoms with van der Waals surface area (Å²) < 4.78 is 29.9. The molecular weight excluding hydrogens is 568 g/mol. The first-order chi connectivity index (χ1) is 20.9. The molecule has 0 radical (unpaired) electrons. The lowest BCUT2D eigenvalue weighted by Crippen LogP contribution is -2.39. The van der Waals surface area contributed by atoms with Gasteiger partial charge in [-0.2, -0.15) is 0 Å². The fourth-order valence-electron chi connectivity index (χ4n) is 4.91. The van der Waals surface area contributed by atoms with Gasteiger partial charge in [0.2, 0.25) is 0 Å². The molecule has 10 heteroatoms. The van der Waals surface area contributed by atoms with Gasteiger partial charge in [0.25, 0.3) is 5.56 Å². The molecule has 3 aromatic carbocycles. The molecule has 222 valence electrons. The monoisotopic (exact) mass is 600 g/mol. The number of fused-ring (bicyclic) bond motifs is 1. The molecule has 0 spiro atoms. The minimum atomic E-state index is -0.777. The van der Waals surface area contributed by atoms with Crippen LogP contribution in [0.3, 0.4) is 0 Å². The summed E-state index contributed by atoms with van der Waals surface area (Å²) in [6, 6.07) is 19.9. The summed E-state index contributed by atoms with van der Waals surface area (Å²) in [5.74, 6) is 1.60. The van der Waals surface area contributed by atoms with Gasteiger partial charge in [0.15, 0.2) is 27.8 Å². The molecule has 1 atom stereocenters. The van der Waals surface area contributed by atoms with E-state index in [1.165, 1.54) is 23.0 Å². The van der Waals surface area contributed by atoms with Crippen molar-refractivity contribution in [2.24, 2.45) is 4.99 Å². The summed E-state index contributed by atoms with van der Waals surface area (Å²) in [4.78, 5) is 32.3. The Morgan fingerprint density at radius 2 is 1.63 bits per heavy atom. The molecule has 0 N–H and O–H groups in total. The highest BCUT2D eigenvalue weighted by atomic mass is 32.1. The molecule has 1 aromatic heterocycles. The molecule has 0 amide bonds. The van der Waals surface area contributed by atoms with Crippen molar-refractivity contribution in [1.29, 1.82) is 0 Å². The molecule has 0 unspecified atom stereocenters. The molecule has 4 aromatic rings. The van der Waals surface area contributed by atoms with Gasteiger partial charge in [0.05, 0.1) is 49.8 Å². The van der Waals surface area contributed by atoms with Crippen molar-refractivity contribution in [2.45, 2.75) is 26.5 Å². The molecule has 1 aliphatic heterocycles. The van der Waals surface area contributed by atoms with Crippen molar-refractivity contribution >= 4 is 23.4 Å². The molecule has 2 heterocycles. The van der Waals surface area contributed by atoms with E-state index in [0.29, 0.717) is 50.2 Å². The molecule has 0 bridgehead atoms. The van der Waals surface area contributed by atoms with Crippen LogP contribution in [0, 0.1) is 0 Å². The minimum absolute atomic E-state index is 0.186. The highest BCUT2D eigenvalue weighted by Crippen LogP contribution is 2.36. The number of rotatable bonds is 10. The Kier molecular flexibility index (Phi) is 8.96. The quantitative estimate of drug-likeness (QED) is 0.249. The fraction of sp³-hybridized carbons (Fsp3) is 0.242. The SMILES string of the molecule is CCOC(=O)C1=C(C)N=c2s/c(=C\c3ccc(OCc4ccccc4)c(OC)c3)c(=O)n2[C@H]1c1ccc(OC)c(OC)c1. The van der Waals surface area contributed by atoms with Gasteiger partial charge in [-0.1, -0.05) is 53.8 Å². The van der Waals surface area contributed by atoms with Gasteiger partial charge in [-0.15, -0.1) is 0 Å². The first kappa shape index (κ1) is 29.7. The van der Waals surface area contributed by atoms with Gasteiger partial charge in [-0.3, -0.25) is 9.36 Å². The Bertz CT molecular complexity index is 1860. The third-order valence-corrected chi connectivity index (χ3v) is 7.95. The average Bonchev–Trinajstić information content (AvgIpc) is 3.33. The van der Waals surface area contributed by atoms with Crippen LogP contribution in [-0.4, -0.2) is 38.5 Å². The lowest BCUT2D eigenvalue weighted by atomic mass is 9.95. The van der Waals surface area contributed by atoms with Crippen LogP contribution in [0.1, 0.15) is 36.6 Å². The lowest BCUT2D eigenvalue weighted by molar-refractivity contribution is -0.139. The standard InChI is InChI=1S/C33H32N2O7S/c1-6-41-32(37)29-20(2)34-33-35(30(29)23-13-15-24(38-3)27(18-23)40-5)31(36)28(43-33)17-22-12-14-25(26(16-22)39-4)42-19-21-10-8-7-9-11-21/h7-18,30H,6,19H2,1-5H3/b28-17-/t30-/m0/s1. The minimum Gasteiger partial charge on any atom is -0.493 e. The van der Waals surface area contributed by atoms with Gasteiger partial charge < -0.3 is 23.7 Å². The first-order valence-corrected chi connectivity index (χ1v) is 14.5. The maximum atomic E-state index is 14.0. The van der Waals surface area contributed by atoms with E-state index in [0.717, 1.165) is 11.1 Å². The number of carbonyl (C=O) groups excluding carboxylic acids is 1. The van der Waals surface area contributed by atoms with E-state index < -0.39 is 12.0 Å². The molecule has 0 saturated carbocycles. The highest BCUT2D eigenvalue weighted by Gasteiger charge is 2.34. The van der Waals surface area contributed by atoms with Crippen LogP contribution in [0.15, 0.2) is 87.8 Å². The molecular formula is C33H32N2O7S. The van der Waals surface area contributed by atoms with Crippen molar-refractivity contribution in [3.05, 3.63) is 114 Å². The zero-order chi connectivity index (χ0) is 30.5. The van der Waals surface area contributed by atoms with Crippen LogP contribution in [0.2, 0.25) is 0 Å². The average molecular weight is 601 g/mol. The molecule has 0 aliphatic carbocycles. The highest BCUT2D eigenvalue weighted by molar-refractivity contribution is 7.07. The van der Waals surface area contributed by atoms with E-state index in [4.69, 9.17) is 23.7 Å². The Hall–Kier alpha value is -4.83. The van der Waals surface area contributed by atoms with Gasteiger partial charge in [-0.05, 0) is 60.9 Å². The molecule has 5 rings (SSSR count). The van der Waals surface area contributed by atoms with Crippen LogP contribution in [-0.2, 0) is 16.1 Å². The normalized spacial score (nSPS) is 14.5. The predicted octanol–water partition coefficient (Wildman–Crippen LogP) is 4.40. The summed E-state index contributed by atoms with van der Waals surface area (Å²) in [5.41, 5.74) is 2.92. The lowest BCUT2D eigenvalue weighted by Gasteiger charge is -2.25. The van der Waals surface area contributed by atoms with Crippen LogP contribution < -0.4 is 33.8 Å². The number of hydrogen-bond acceptors (Lipinski definition) is 9. The van der Waals surface area contributed by atoms with Crippen molar-refractivity contribution in [2.75, 3.05) is 27.9 Å². The Balaban J connectivity index is 1.58. The summed E-state index contributed by atoms with van der Waals surface area (Å²) in [6.07, 6.45) is 1.78. The molecule has 0 saturated heterocycles. The second-order valence-corrected chi connectivity index (χ2v) is 10.6. The Labute approximate surface area is 252 Å². The van der Waals surface area contributed by atoms with Crippen LogP contribution >= 0.6 is 11.3 Å². The van der Waals surface area contributed by atoms with E-state index in [-0.39, 0.29) is 17.7 Å². The number of ether oxygens (including phenoxy) is 5. The predicted molar refractivity (Wildman–Crippen MR) is 164 cm³/mol. The molecule has 1 aliphatic rings. The zero-order valence-corrected chi connectivity index (χ0v) is 25.4. The van der Waals surface area contributed by atoms with E-state index in [2.05, 4.69) is 4.99 Å². The molecule has 43 heavy (non-hydrogen) atoms. The summed E-state index contributed by atoms with van der Waals surface area (Å²) in [6.45, 7) is 4.07. The zero-order valence-electron chi connectivity index (χ0n) is 24.6. The number of aromatic nitrogens is 1. The van der Waals surface area contributed by atoms with E-state index in [1.54, 1.807) is 52.3 Å². The Morgan fingerprint density at radius 3 is 2.33 bits per heavy atom. The fourth-order valence-corrected chi connectivity index (χ4v) is 5.96. The van der Waals surface area contributed by atoms with Crippen LogP contribution in [0.5, 0.6) is 23.0 Å². The number of thiazole rings is 1. The van der Waals surface area contributed by atoms with Crippen LogP contribution in [0.25, 0.3) is 6.08 Å². The van der Waals surface area contributed by atoms with E-state index >= 15 is 0 Å². The van der Waals surface area contributed by atoms with E-state index in [9.17, 15) is 9.59 Å². The number of hydrogen-bond donors (Lipinski definition) is 0. The number of allylic oxidation sites excluding steroid dienone is 1. The third kappa shape index (κ3) is 6.05. The smallest absolute Gasteiger partial charge is 0.338 e. The largest absolute Gasteiger partial charge is 0.493 e. The van der Waals surface area contributed by atoms with Crippen molar-refractivity contribution in [3.8, 4) is 23.0 Å². The van der Waals surface area contributed by atoms with Gasteiger partial charge in [0.1, 0.15) is 6.61 Å². The molecule has 0 fully saturated rings. The number of esters is 1. The topological polar surface area (TPSA) is 97.6 Å². The Morgan fingerprint density at radius 1 is 0.930 bits per heavy atom. The number of benzene rings is 3. The van der Waals surface area contributed by atoms with Crippen molar-refractivity contribution in [1.82, 2.24) is 4.57 Å². The maximum Gasteiger partial charge on any atom is 0.338 e. The second-order valence-electron chi connectivity index (χ2n) is 9.60. The number of carbonyl (C=O) groups is 1. The number of methoxy groups -OCH3 is 3. The maximum absolute atomic E-state index is 14.0. The summed E-state index contributed by atoms with van der Waals surface area (Å²) in [7, 11) is 4.66. The van der Waals surface area contributed by atoms with Crippen molar-refractivity contribution in [3.63, 3.8) is 0 Å². The number of nitrogens with zero attached hydrogens (tertiary/aromatic N) is 2. The summed E-state index contributed by atoms with van der Waals surface area (Å²) in [5, 5.41) is 0. The van der Waals surface area contributed by atoms with Gasteiger partial charge in [-0.25, -0.2) is 9.79 Å². The second kappa shape index (κ2) is 13.0. The van der Waals surface area contributed by atoms with Crippen LogP contribution in [0.4, 0.5) is 0 Å². The van der Waals surface area contributed by atoms with Gasteiger partial charge in [0, 0.05) is 0 Å². The molecule has 9 nitrogen and oxygen atoms in total. The van der Waals surface area contributed by atoms with Gasteiger partial charge >= 0.3 is 5.97 Å². The van der Waals surface area contributed by atoms with E-state index in [1.807, 2.05) is 48.5 Å². The van der Waals surface area contributed by atoms with Crippen molar-refractivity contribution < 1.29 is 28.5 Å². The third-order valence-electron chi connectivity index (χ3n) is 6.96. The summed E-state index contributed by atoms with van der Waals surface area (Å²) >= 11 is 1.24. The first-order valence-electron chi connectivity index (χ1n) is 13.6.